The molecule has 0 radical (unpaired) electrons. The number of aromatic nitrogens is 1. The molecular weight excluding hydrogens is 232 g/mol. The monoisotopic (exact) mass is 246 g/mol. The molecule has 0 aliphatic rings. The summed E-state index contributed by atoms with van der Waals surface area (Å²) in [5, 5.41) is 4.22. The van der Waals surface area contributed by atoms with E-state index in [-0.39, 0.29) is 5.78 Å². The van der Waals surface area contributed by atoms with Crippen LogP contribution in [0.2, 0.25) is 0 Å². The van der Waals surface area contributed by atoms with Crippen LogP contribution in [0.1, 0.15) is 27.3 Å². The number of Topliss-reactive ketones (excluding diaryl/α,β-unsaturated/α-hetero) is 1. The third-order valence-electron chi connectivity index (χ3n) is 2.38. The van der Waals surface area contributed by atoms with Gasteiger partial charge in [-0.2, -0.15) is 0 Å². The van der Waals surface area contributed by atoms with E-state index in [0.29, 0.717) is 6.54 Å². The van der Waals surface area contributed by atoms with Gasteiger partial charge in [-0.05, 0) is 19.1 Å². The highest BCUT2D eigenvalue weighted by Crippen LogP contribution is 2.19. The van der Waals surface area contributed by atoms with Crippen LogP contribution in [0.25, 0.3) is 0 Å². The molecule has 0 spiro atoms. The first kappa shape index (κ1) is 11.8. The number of para-hydroxylation sites is 1. The number of benzene rings is 1. The quantitative estimate of drug-likeness (QED) is 0.842. The van der Waals surface area contributed by atoms with Gasteiger partial charge in [0.2, 0.25) is 0 Å². The first-order valence-corrected chi connectivity index (χ1v) is 6.24. The van der Waals surface area contributed by atoms with Crippen LogP contribution in [0.4, 0.5) is 5.69 Å². The molecule has 1 aromatic heterocycles. The maximum absolute atomic E-state index is 11.3. The largest absolute Gasteiger partial charge is 0.379 e. The molecule has 2 rings (SSSR count). The van der Waals surface area contributed by atoms with Gasteiger partial charge in [-0.3, -0.25) is 4.79 Å². The van der Waals surface area contributed by atoms with E-state index in [9.17, 15) is 4.79 Å². The third kappa shape index (κ3) is 2.91. The highest BCUT2D eigenvalue weighted by molar-refractivity contribution is 7.13. The van der Waals surface area contributed by atoms with E-state index >= 15 is 0 Å². The van der Waals surface area contributed by atoms with Crippen molar-refractivity contribution in [2.75, 3.05) is 5.32 Å². The molecule has 4 heteroatoms. The molecule has 0 aliphatic heterocycles. The maximum atomic E-state index is 11.3. The molecule has 0 bridgehead atoms. The summed E-state index contributed by atoms with van der Waals surface area (Å²) in [6.45, 7) is 4.11. The number of ketones is 1. The Bertz CT molecular complexity index is 519. The number of hydrogen-bond donors (Lipinski definition) is 1. The van der Waals surface area contributed by atoms with Crippen molar-refractivity contribution in [2.24, 2.45) is 0 Å². The van der Waals surface area contributed by atoms with E-state index in [4.69, 9.17) is 0 Å². The SMILES string of the molecule is CC(=O)c1sc(CNc2ccccc2)nc1C. The van der Waals surface area contributed by atoms with Gasteiger partial charge in [-0.1, -0.05) is 18.2 Å². The lowest BCUT2D eigenvalue weighted by atomic mass is 10.3. The lowest BCUT2D eigenvalue weighted by Gasteiger charge is -2.02. The topological polar surface area (TPSA) is 42.0 Å². The Morgan fingerprint density at radius 2 is 2.06 bits per heavy atom. The second kappa shape index (κ2) is 5.10. The number of carbonyl (C=O) groups is 1. The highest BCUT2D eigenvalue weighted by atomic mass is 32.1. The summed E-state index contributed by atoms with van der Waals surface area (Å²) in [6.07, 6.45) is 0. The Labute approximate surface area is 105 Å². The number of rotatable bonds is 4. The molecule has 1 N–H and O–H groups in total. The van der Waals surface area contributed by atoms with Crippen molar-refractivity contribution in [3.05, 3.63) is 45.9 Å². The second-order valence-electron chi connectivity index (χ2n) is 3.80. The molecule has 1 heterocycles. The number of hydrogen-bond acceptors (Lipinski definition) is 4. The van der Waals surface area contributed by atoms with Crippen LogP contribution in [0.3, 0.4) is 0 Å². The maximum Gasteiger partial charge on any atom is 0.171 e. The number of thiazole rings is 1. The van der Waals surface area contributed by atoms with Crippen LogP contribution >= 0.6 is 11.3 Å². The predicted molar refractivity (Wildman–Crippen MR) is 70.6 cm³/mol. The molecular formula is C13H14N2OS. The molecule has 0 saturated carbocycles. The molecule has 0 unspecified atom stereocenters. The van der Waals surface area contributed by atoms with Crippen molar-refractivity contribution in [1.82, 2.24) is 4.98 Å². The van der Waals surface area contributed by atoms with E-state index < -0.39 is 0 Å². The summed E-state index contributed by atoms with van der Waals surface area (Å²) >= 11 is 1.46. The summed E-state index contributed by atoms with van der Waals surface area (Å²) in [5.41, 5.74) is 1.89. The molecule has 0 atom stereocenters. The zero-order valence-corrected chi connectivity index (χ0v) is 10.7. The lowest BCUT2D eigenvalue weighted by Crippen LogP contribution is -1.98. The summed E-state index contributed by atoms with van der Waals surface area (Å²) in [5.74, 6) is 0.0889. The van der Waals surface area contributed by atoms with Crippen LogP contribution in [-0.2, 0) is 6.54 Å². The van der Waals surface area contributed by atoms with E-state index in [1.165, 1.54) is 11.3 Å². The Morgan fingerprint density at radius 3 is 2.65 bits per heavy atom. The fourth-order valence-corrected chi connectivity index (χ4v) is 2.49. The molecule has 0 aliphatic carbocycles. The molecule has 88 valence electrons. The van der Waals surface area contributed by atoms with Crippen molar-refractivity contribution in [3.63, 3.8) is 0 Å². The van der Waals surface area contributed by atoms with Gasteiger partial charge >= 0.3 is 0 Å². The van der Waals surface area contributed by atoms with Crippen LogP contribution in [0.15, 0.2) is 30.3 Å². The molecule has 0 amide bonds. The molecule has 1 aromatic carbocycles. The van der Waals surface area contributed by atoms with Crippen LogP contribution in [-0.4, -0.2) is 10.8 Å². The standard InChI is InChI=1S/C13H14N2OS/c1-9-13(10(2)16)17-12(15-9)8-14-11-6-4-3-5-7-11/h3-7,14H,8H2,1-2H3. The fraction of sp³-hybridized carbons (Fsp3) is 0.231. The lowest BCUT2D eigenvalue weighted by molar-refractivity contribution is 0.102. The first-order chi connectivity index (χ1) is 8.16. The zero-order chi connectivity index (χ0) is 12.3. The van der Waals surface area contributed by atoms with Crippen molar-refractivity contribution in [3.8, 4) is 0 Å². The second-order valence-corrected chi connectivity index (χ2v) is 4.88. The van der Waals surface area contributed by atoms with Gasteiger partial charge in [0, 0.05) is 12.6 Å². The van der Waals surface area contributed by atoms with E-state index in [0.717, 1.165) is 21.3 Å². The Balaban J connectivity index is 2.05. The Kier molecular flexibility index (Phi) is 3.54. The number of anilines is 1. The van der Waals surface area contributed by atoms with Crippen molar-refractivity contribution in [1.29, 1.82) is 0 Å². The number of nitrogens with one attached hydrogen (secondary N) is 1. The normalized spacial score (nSPS) is 10.2. The number of nitrogens with zero attached hydrogens (tertiary/aromatic N) is 1. The van der Waals surface area contributed by atoms with E-state index in [1.807, 2.05) is 37.3 Å². The Hall–Kier alpha value is -1.68. The smallest absolute Gasteiger partial charge is 0.171 e. The van der Waals surface area contributed by atoms with Crippen LogP contribution < -0.4 is 5.32 Å². The minimum Gasteiger partial charge on any atom is -0.379 e. The van der Waals surface area contributed by atoms with Gasteiger partial charge < -0.3 is 5.32 Å². The fourth-order valence-electron chi connectivity index (χ4n) is 1.59. The van der Waals surface area contributed by atoms with Gasteiger partial charge in [0.1, 0.15) is 5.01 Å². The number of aryl methyl sites for hydroxylation is 1. The summed E-state index contributed by atoms with van der Waals surface area (Å²) < 4.78 is 0. The molecule has 3 nitrogen and oxygen atoms in total. The van der Waals surface area contributed by atoms with Crippen LogP contribution in [0, 0.1) is 6.92 Å². The zero-order valence-electron chi connectivity index (χ0n) is 9.86. The first-order valence-electron chi connectivity index (χ1n) is 5.43. The van der Waals surface area contributed by atoms with Crippen LogP contribution in [0.5, 0.6) is 0 Å². The summed E-state index contributed by atoms with van der Waals surface area (Å²) in [7, 11) is 0. The van der Waals surface area contributed by atoms with Gasteiger partial charge in [0.05, 0.1) is 17.1 Å². The molecule has 0 saturated heterocycles. The highest BCUT2D eigenvalue weighted by Gasteiger charge is 2.10. The minimum absolute atomic E-state index is 0.0889. The minimum atomic E-state index is 0.0889. The van der Waals surface area contributed by atoms with Gasteiger partial charge in [0.25, 0.3) is 0 Å². The van der Waals surface area contributed by atoms with Gasteiger partial charge in [-0.15, -0.1) is 11.3 Å². The third-order valence-corrected chi connectivity index (χ3v) is 3.64. The van der Waals surface area contributed by atoms with Gasteiger partial charge in [0.15, 0.2) is 5.78 Å². The Morgan fingerprint density at radius 1 is 1.35 bits per heavy atom. The average molecular weight is 246 g/mol. The molecule has 2 aromatic rings. The van der Waals surface area contributed by atoms with Gasteiger partial charge in [-0.25, -0.2) is 4.98 Å². The number of carbonyl (C=O) groups excluding carboxylic acids is 1. The molecule has 0 fully saturated rings. The van der Waals surface area contributed by atoms with Crippen molar-refractivity contribution < 1.29 is 4.79 Å². The van der Waals surface area contributed by atoms with E-state index in [1.54, 1.807) is 6.92 Å². The van der Waals surface area contributed by atoms with E-state index in [2.05, 4.69) is 10.3 Å². The summed E-state index contributed by atoms with van der Waals surface area (Å²) in [6, 6.07) is 9.96. The predicted octanol–water partition coefficient (Wildman–Crippen LogP) is 3.27. The van der Waals surface area contributed by atoms with Crippen molar-refractivity contribution >= 4 is 22.8 Å². The van der Waals surface area contributed by atoms with Crippen molar-refractivity contribution in [2.45, 2.75) is 20.4 Å². The molecule has 17 heavy (non-hydrogen) atoms. The summed E-state index contributed by atoms with van der Waals surface area (Å²) in [4.78, 5) is 16.4. The average Bonchev–Trinajstić information content (AvgIpc) is 2.69.